The molecule has 102 valence electrons. The van der Waals surface area contributed by atoms with Crippen LogP contribution in [-0.4, -0.2) is 5.92 Å². The average molecular weight is 246 g/mol. The number of rotatable bonds is 6. The molecule has 0 spiro atoms. The molecule has 0 saturated heterocycles. The molecule has 1 unspecified atom stereocenters. The van der Waals surface area contributed by atoms with Crippen molar-refractivity contribution in [2.24, 2.45) is 11.3 Å². The van der Waals surface area contributed by atoms with Crippen LogP contribution in [-0.2, 0) is 0 Å². The highest BCUT2D eigenvalue weighted by Gasteiger charge is 2.41. The highest BCUT2D eigenvalue weighted by molar-refractivity contribution is 4.88. The second kappa shape index (κ2) is 6.15. The summed E-state index contributed by atoms with van der Waals surface area (Å²) >= 11 is 0. The second-order valence-electron chi connectivity index (χ2n) is 6.14. The van der Waals surface area contributed by atoms with Gasteiger partial charge in [-0.2, -0.15) is 0 Å². The second-order valence-corrected chi connectivity index (χ2v) is 6.14. The molecule has 0 aromatic carbocycles. The Hall–Kier alpha value is -0.140. The van der Waals surface area contributed by atoms with Crippen LogP contribution in [0.15, 0.2) is 0 Å². The van der Waals surface area contributed by atoms with Crippen molar-refractivity contribution in [2.75, 3.05) is 0 Å². The molecule has 1 rings (SSSR count). The molecule has 0 heterocycles. The summed E-state index contributed by atoms with van der Waals surface area (Å²) in [5, 5.41) is 0. The zero-order valence-electron chi connectivity index (χ0n) is 11.7. The zero-order valence-corrected chi connectivity index (χ0v) is 11.7. The van der Waals surface area contributed by atoms with Gasteiger partial charge in [-0.05, 0) is 37.0 Å². The van der Waals surface area contributed by atoms with E-state index in [9.17, 15) is 8.78 Å². The van der Waals surface area contributed by atoms with Crippen LogP contribution < -0.4 is 0 Å². The Morgan fingerprint density at radius 2 is 1.65 bits per heavy atom. The summed E-state index contributed by atoms with van der Waals surface area (Å²) in [7, 11) is 0. The Labute approximate surface area is 105 Å². The fourth-order valence-electron chi connectivity index (χ4n) is 3.42. The average Bonchev–Trinajstić information content (AvgIpc) is 2.26. The third-order valence-electron chi connectivity index (χ3n) is 4.63. The third kappa shape index (κ3) is 4.22. The van der Waals surface area contributed by atoms with Gasteiger partial charge in [-0.15, -0.1) is 0 Å². The van der Waals surface area contributed by atoms with E-state index in [0.29, 0.717) is 11.3 Å². The number of unbranched alkanes of at least 4 members (excludes halogenated alkanes) is 1. The molecule has 0 radical (unpaired) electrons. The molecule has 0 aromatic heterocycles. The summed E-state index contributed by atoms with van der Waals surface area (Å²) in [6.07, 6.45) is 7.72. The summed E-state index contributed by atoms with van der Waals surface area (Å²) in [5.74, 6) is -1.86. The third-order valence-corrected chi connectivity index (χ3v) is 4.63. The van der Waals surface area contributed by atoms with E-state index in [0.717, 1.165) is 12.8 Å². The van der Waals surface area contributed by atoms with E-state index >= 15 is 0 Å². The van der Waals surface area contributed by atoms with Gasteiger partial charge in [0.2, 0.25) is 5.92 Å². The molecule has 1 aliphatic rings. The van der Waals surface area contributed by atoms with Gasteiger partial charge >= 0.3 is 0 Å². The molecule has 1 fully saturated rings. The topological polar surface area (TPSA) is 0 Å². The lowest BCUT2D eigenvalue weighted by atomic mass is 9.65. The van der Waals surface area contributed by atoms with Gasteiger partial charge in [-0.1, -0.05) is 40.0 Å². The SMILES string of the molecule is CCCCC(C)(CCC)C1CCC(F)(F)CC1. The van der Waals surface area contributed by atoms with E-state index in [4.69, 9.17) is 0 Å². The predicted molar refractivity (Wildman–Crippen MR) is 69.4 cm³/mol. The predicted octanol–water partition coefficient (Wildman–Crippen LogP) is 5.81. The minimum atomic E-state index is -2.38. The van der Waals surface area contributed by atoms with Crippen LogP contribution in [0.25, 0.3) is 0 Å². The summed E-state index contributed by atoms with van der Waals surface area (Å²) in [5.41, 5.74) is 0.307. The Bertz CT molecular complexity index is 215. The van der Waals surface area contributed by atoms with Crippen molar-refractivity contribution in [3.8, 4) is 0 Å². The van der Waals surface area contributed by atoms with Crippen LogP contribution >= 0.6 is 0 Å². The van der Waals surface area contributed by atoms with E-state index < -0.39 is 5.92 Å². The molecule has 1 atom stereocenters. The van der Waals surface area contributed by atoms with Crippen molar-refractivity contribution in [3.63, 3.8) is 0 Å². The molecule has 0 amide bonds. The van der Waals surface area contributed by atoms with Crippen LogP contribution in [0.1, 0.15) is 78.6 Å². The fourth-order valence-corrected chi connectivity index (χ4v) is 3.42. The Kier molecular flexibility index (Phi) is 5.40. The van der Waals surface area contributed by atoms with Crippen molar-refractivity contribution < 1.29 is 8.78 Å². The maximum absolute atomic E-state index is 13.2. The minimum Gasteiger partial charge on any atom is -0.207 e. The summed E-state index contributed by atoms with van der Waals surface area (Å²) in [4.78, 5) is 0. The Morgan fingerprint density at radius 3 is 2.12 bits per heavy atom. The van der Waals surface area contributed by atoms with Crippen molar-refractivity contribution in [1.29, 1.82) is 0 Å². The highest BCUT2D eigenvalue weighted by Crippen LogP contribution is 2.48. The molecule has 0 bridgehead atoms. The lowest BCUT2D eigenvalue weighted by Gasteiger charge is -2.42. The number of alkyl halides is 2. The maximum atomic E-state index is 13.2. The lowest BCUT2D eigenvalue weighted by molar-refractivity contribution is -0.0648. The molecule has 0 aromatic rings. The number of hydrogen-bond acceptors (Lipinski definition) is 0. The molecular weight excluding hydrogens is 218 g/mol. The highest BCUT2D eigenvalue weighted by atomic mass is 19.3. The van der Waals surface area contributed by atoms with Crippen LogP contribution in [0.2, 0.25) is 0 Å². The number of hydrogen-bond donors (Lipinski definition) is 0. The lowest BCUT2D eigenvalue weighted by Crippen LogP contribution is -2.34. The van der Waals surface area contributed by atoms with Gasteiger partial charge < -0.3 is 0 Å². The maximum Gasteiger partial charge on any atom is 0.248 e. The molecule has 2 heteroatoms. The van der Waals surface area contributed by atoms with Crippen molar-refractivity contribution in [2.45, 2.75) is 84.5 Å². The molecule has 17 heavy (non-hydrogen) atoms. The van der Waals surface area contributed by atoms with E-state index in [1.54, 1.807) is 0 Å². The van der Waals surface area contributed by atoms with E-state index in [1.165, 1.54) is 32.1 Å². The van der Waals surface area contributed by atoms with Gasteiger partial charge in [-0.25, -0.2) is 8.78 Å². The normalized spacial score (nSPS) is 24.5. The first kappa shape index (κ1) is 14.9. The molecule has 0 nitrogen and oxygen atoms in total. The quantitative estimate of drug-likeness (QED) is 0.555. The standard InChI is InChI=1S/C15H28F2/c1-4-6-10-14(3,9-5-2)13-7-11-15(16,17)12-8-13/h13H,4-12H2,1-3H3. The van der Waals surface area contributed by atoms with Crippen LogP contribution in [0.3, 0.4) is 0 Å². The van der Waals surface area contributed by atoms with Crippen molar-refractivity contribution in [1.82, 2.24) is 0 Å². The van der Waals surface area contributed by atoms with Gasteiger partial charge in [0.25, 0.3) is 0 Å². The monoisotopic (exact) mass is 246 g/mol. The van der Waals surface area contributed by atoms with E-state index in [-0.39, 0.29) is 12.8 Å². The minimum absolute atomic E-state index is 0.114. The summed E-state index contributed by atoms with van der Waals surface area (Å²) in [6.45, 7) is 6.75. The first-order chi connectivity index (χ1) is 7.93. The van der Waals surface area contributed by atoms with Crippen LogP contribution in [0.4, 0.5) is 8.78 Å². The van der Waals surface area contributed by atoms with E-state index in [1.807, 2.05) is 0 Å². The zero-order chi connectivity index (χ0) is 12.9. The van der Waals surface area contributed by atoms with Crippen LogP contribution in [0.5, 0.6) is 0 Å². The van der Waals surface area contributed by atoms with Gasteiger partial charge in [0.05, 0.1) is 0 Å². The first-order valence-corrected chi connectivity index (χ1v) is 7.31. The van der Waals surface area contributed by atoms with Gasteiger partial charge in [0.1, 0.15) is 0 Å². The van der Waals surface area contributed by atoms with E-state index in [2.05, 4.69) is 20.8 Å². The van der Waals surface area contributed by atoms with Crippen molar-refractivity contribution in [3.05, 3.63) is 0 Å². The summed E-state index contributed by atoms with van der Waals surface area (Å²) in [6, 6.07) is 0. The van der Waals surface area contributed by atoms with Gasteiger partial charge in [0, 0.05) is 12.8 Å². The molecule has 1 aliphatic carbocycles. The van der Waals surface area contributed by atoms with Gasteiger partial charge in [0.15, 0.2) is 0 Å². The molecular formula is C15H28F2. The fraction of sp³-hybridized carbons (Fsp3) is 1.00. The number of halogens is 2. The van der Waals surface area contributed by atoms with Gasteiger partial charge in [-0.3, -0.25) is 0 Å². The largest absolute Gasteiger partial charge is 0.248 e. The molecule has 0 N–H and O–H groups in total. The smallest absolute Gasteiger partial charge is 0.207 e. The Morgan fingerprint density at radius 1 is 1.06 bits per heavy atom. The van der Waals surface area contributed by atoms with Crippen LogP contribution in [0, 0.1) is 11.3 Å². The summed E-state index contributed by atoms with van der Waals surface area (Å²) < 4.78 is 26.4. The van der Waals surface area contributed by atoms with Crippen molar-refractivity contribution >= 4 is 0 Å². The first-order valence-electron chi connectivity index (χ1n) is 7.31. The molecule has 1 saturated carbocycles. The Balaban J connectivity index is 2.58. The molecule has 0 aliphatic heterocycles.